The zero-order chi connectivity index (χ0) is 25.7. The van der Waals surface area contributed by atoms with E-state index in [0.717, 1.165) is 11.8 Å². The Hall–Kier alpha value is -3.69. The molecular weight excluding hydrogens is 503 g/mol. The Morgan fingerprint density at radius 1 is 1.00 bits per heavy atom. The average Bonchev–Trinajstić information content (AvgIpc) is 2.88. The number of carbonyl (C=O) groups excluding carboxylic acids is 2. The summed E-state index contributed by atoms with van der Waals surface area (Å²) in [7, 11) is 1.53. The van der Waals surface area contributed by atoms with Crippen LogP contribution in [0.5, 0.6) is 5.75 Å². The summed E-state index contributed by atoms with van der Waals surface area (Å²) in [5.41, 5.74) is 2.34. The molecular formula is C26H24ClFN4O3S. The van der Waals surface area contributed by atoms with Crippen molar-refractivity contribution in [2.45, 2.75) is 0 Å². The summed E-state index contributed by atoms with van der Waals surface area (Å²) in [6, 6.07) is 18.0. The summed E-state index contributed by atoms with van der Waals surface area (Å²) in [5, 5.41) is 6.09. The standard InChI is InChI=1S/C26H24ClFN4O3S/c1-35-23-10-5-18(27)16-22(23)25(34)32-13-11-31(12-14-32)21-8-6-20(7-9-21)29-26(36)30-24(33)17-3-2-4-19(28)15-17/h2-10,15-16H,11-14H2,1H3,(H2,29,30,33,36). The average molecular weight is 527 g/mol. The van der Waals surface area contributed by atoms with Gasteiger partial charge in [0, 0.05) is 48.1 Å². The first-order chi connectivity index (χ1) is 17.3. The highest BCUT2D eigenvalue weighted by Crippen LogP contribution is 2.25. The van der Waals surface area contributed by atoms with E-state index < -0.39 is 11.7 Å². The molecule has 0 unspecified atom stereocenters. The summed E-state index contributed by atoms with van der Waals surface area (Å²) in [4.78, 5) is 29.2. The summed E-state index contributed by atoms with van der Waals surface area (Å²) < 4.78 is 18.6. The lowest BCUT2D eigenvalue weighted by molar-refractivity contribution is 0.0743. The van der Waals surface area contributed by atoms with Crippen molar-refractivity contribution in [2.24, 2.45) is 0 Å². The number of ether oxygens (including phenoxy) is 1. The van der Waals surface area contributed by atoms with Crippen molar-refractivity contribution < 1.29 is 18.7 Å². The predicted molar refractivity (Wildman–Crippen MR) is 143 cm³/mol. The van der Waals surface area contributed by atoms with Crippen molar-refractivity contribution in [3.05, 3.63) is 88.7 Å². The maximum Gasteiger partial charge on any atom is 0.257 e. The SMILES string of the molecule is COc1ccc(Cl)cc1C(=O)N1CCN(c2ccc(NC(=S)NC(=O)c3cccc(F)c3)cc2)CC1. The van der Waals surface area contributed by atoms with Gasteiger partial charge in [-0.1, -0.05) is 17.7 Å². The molecule has 7 nitrogen and oxygen atoms in total. The van der Waals surface area contributed by atoms with Gasteiger partial charge in [-0.3, -0.25) is 14.9 Å². The maximum absolute atomic E-state index is 13.3. The molecule has 0 bridgehead atoms. The lowest BCUT2D eigenvalue weighted by atomic mass is 10.1. The van der Waals surface area contributed by atoms with Gasteiger partial charge in [-0.2, -0.15) is 0 Å². The Bertz CT molecular complexity index is 1280. The summed E-state index contributed by atoms with van der Waals surface area (Å²) in [5.74, 6) is -0.597. The number of hydrogen-bond acceptors (Lipinski definition) is 5. The number of methoxy groups -OCH3 is 1. The molecule has 2 N–H and O–H groups in total. The van der Waals surface area contributed by atoms with Gasteiger partial charge in [0.25, 0.3) is 11.8 Å². The van der Waals surface area contributed by atoms with E-state index >= 15 is 0 Å². The van der Waals surface area contributed by atoms with Gasteiger partial charge in [0.2, 0.25) is 0 Å². The fourth-order valence-electron chi connectivity index (χ4n) is 3.91. The van der Waals surface area contributed by atoms with Gasteiger partial charge >= 0.3 is 0 Å². The van der Waals surface area contributed by atoms with Crippen molar-refractivity contribution in [3.8, 4) is 5.75 Å². The van der Waals surface area contributed by atoms with Gasteiger partial charge in [-0.15, -0.1) is 0 Å². The van der Waals surface area contributed by atoms with E-state index in [0.29, 0.717) is 48.2 Å². The molecule has 0 atom stereocenters. The van der Waals surface area contributed by atoms with Crippen LogP contribution < -0.4 is 20.3 Å². The molecule has 0 saturated carbocycles. The van der Waals surface area contributed by atoms with Gasteiger partial charge in [-0.05, 0) is 72.9 Å². The van der Waals surface area contributed by atoms with Crippen LogP contribution in [0, 0.1) is 5.82 Å². The summed E-state index contributed by atoms with van der Waals surface area (Å²) >= 11 is 11.3. The number of hydrogen-bond donors (Lipinski definition) is 2. The molecule has 1 saturated heterocycles. The van der Waals surface area contributed by atoms with Crippen LogP contribution >= 0.6 is 23.8 Å². The van der Waals surface area contributed by atoms with Crippen molar-refractivity contribution >= 4 is 52.1 Å². The molecule has 0 spiro atoms. The Labute approximate surface area is 218 Å². The number of nitrogens with zero attached hydrogens (tertiary/aromatic N) is 2. The molecule has 0 aliphatic carbocycles. The summed E-state index contributed by atoms with van der Waals surface area (Å²) in [6.07, 6.45) is 0. The van der Waals surface area contributed by atoms with Crippen LogP contribution in [0.25, 0.3) is 0 Å². The zero-order valence-electron chi connectivity index (χ0n) is 19.5. The number of nitrogens with one attached hydrogen (secondary N) is 2. The number of benzene rings is 3. The first-order valence-corrected chi connectivity index (χ1v) is 12.0. The fourth-order valence-corrected chi connectivity index (χ4v) is 4.29. The molecule has 10 heteroatoms. The lowest BCUT2D eigenvalue weighted by Gasteiger charge is -2.36. The van der Waals surface area contributed by atoms with E-state index in [1.54, 1.807) is 23.1 Å². The van der Waals surface area contributed by atoms with Crippen molar-refractivity contribution in [3.63, 3.8) is 0 Å². The third-order valence-electron chi connectivity index (χ3n) is 5.76. The quantitative estimate of drug-likeness (QED) is 0.474. The minimum absolute atomic E-state index is 0.109. The third kappa shape index (κ3) is 6.10. The normalized spacial score (nSPS) is 13.2. The number of carbonyl (C=O) groups is 2. The molecule has 1 fully saturated rings. The molecule has 1 heterocycles. The molecule has 0 aromatic heterocycles. The maximum atomic E-state index is 13.3. The molecule has 1 aliphatic heterocycles. The van der Waals surface area contributed by atoms with E-state index in [9.17, 15) is 14.0 Å². The third-order valence-corrected chi connectivity index (χ3v) is 6.20. The molecule has 3 aromatic carbocycles. The number of halogens is 2. The second-order valence-electron chi connectivity index (χ2n) is 8.09. The van der Waals surface area contributed by atoms with Crippen LogP contribution in [0.15, 0.2) is 66.7 Å². The number of rotatable bonds is 5. The first kappa shape index (κ1) is 25.4. The van der Waals surface area contributed by atoms with E-state index in [1.165, 1.54) is 25.3 Å². The van der Waals surface area contributed by atoms with Crippen LogP contribution in [0.2, 0.25) is 5.02 Å². The lowest BCUT2D eigenvalue weighted by Crippen LogP contribution is -2.48. The predicted octanol–water partition coefficient (Wildman–Crippen LogP) is 4.58. The fraction of sp³-hybridized carbons (Fsp3) is 0.192. The van der Waals surface area contributed by atoms with Crippen molar-refractivity contribution in [1.29, 1.82) is 0 Å². The second-order valence-corrected chi connectivity index (χ2v) is 8.93. The van der Waals surface area contributed by atoms with Gasteiger partial charge in [0.1, 0.15) is 11.6 Å². The minimum atomic E-state index is -0.494. The number of anilines is 2. The van der Waals surface area contributed by atoms with Crippen molar-refractivity contribution in [1.82, 2.24) is 10.2 Å². The Morgan fingerprint density at radius 3 is 2.39 bits per heavy atom. The number of thiocarbonyl (C=S) groups is 1. The van der Waals surface area contributed by atoms with E-state index in [2.05, 4.69) is 15.5 Å². The topological polar surface area (TPSA) is 73.9 Å². The van der Waals surface area contributed by atoms with Crippen LogP contribution in [0.1, 0.15) is 20.7 Å². The highest BCUT2D eigenvalue weighted by atomic mass is 35.5. The summed E-state index contributed by atoms with van der Waals surface area (Å²) in [6.45, 7) is 2.46. The highest BCUT2D eigenvalue weighted by Gasteiger charge is 2.24. The molecule has 2 amide bonds. The highest BCUT2D eigenvalue weighted by molar-refractivity contribution is 7.80. The van der Waals surface area contributed by atoms with Gasteiger partial charge in [0.15, 0.2) is 5.11 Å². The molecule has 3 aromatic rings. The van der Waals surface area contributed by atoms with Crippen molar-refractivity contribution in [2.75, 3.05) is 43.5 Å². The van der Waals surface area contributed by atoms with E-state index in [-0.39, 0.29) is 16.6 Å². The second kappa shape index (κ2) is 11.4. The molecule has 0 radical (unpaired) electrons. The molecule has 36 heavy (non-hydrogen) atoms. The van der Waals surface area contributed by atoms with Crippen LogP contribution in [0.4, 0.5) is 15.8 Å². The Kier molecular flexibility index (Phi) is 8.02. The van der Waals surface area contributed by atoms with E-state index in [1.807, 2.05) is 24.3 Å². The van der Waals surface area contributed by atoms with Gasteiger partial charge < -0.3 is 19.9 Å². The smallest absolute Gasteiger partial charge is 0.257 e. The minimum Gasteiger partial charge on any atom is -0.496 e. The zero-order valence-corrected chi connectivity index (χ0v) is 21.0. The number of amides is 2. The van der Waals surface area contributed by atoms with Crippen LogP contribution in [-0.4, -0.2) is 55.1 Å². The van der Waals surface area contributed by atoms with E-state index in [4.69, 9.17) is 28.6 Å². The van der Waals surface area contributed by atoms with Crippen LogP contribution in [0.3, 0.4) is 0 Å². The molecule has 4 rings (SSSR count). The molecule has 186 valence electrons. The number of piperazine rings is 1. The Morgan fingerprint density at radius 2 is 1.72 bits per heavy atom. The first-order valence-electron chi connectivity index (χ1n) is 11.2. The van der Waals surface area contributed by atoms with Crippen LogP contribution in [-0.2, 0) is 0 Å². The van der Waals surface area contributed by atoms with Gasteiger partial charge in [-0.25, -0.2) is 4.39 Å². The molecule has 1 aliphatic rings. The largest absolute Gasteiger partial charge is 0.496 e. The monoisotopic (exact) mass is 526 g/mol. The Balaban J connectivity index is 1.30. The van der Waals surface area contributed by atoms with Gasteiger partial charge in [0.05, 0.1) is 12.7 Å².